The zero-order valence-electron chi connectivity index (χ0n) is 14.1. The van der Waals surface area contributed by atoms with Gasteiger partial charge in [0.05, 0.1) is 10.9 Å². The summed E-state index contributed by atoms with van der Waals surface area (Å²) in [5.41, 5.74) is 2.19. The van der Waals surface area contributed by atoms with E-state index in [-0.39, 0.29) is 6.04 Å². The Morgan fingerprint density at radius 1 is 1.31 bits per heavy atom. The summed E-state index contributed by atoms with van der Waals surface area (Å²) in [6, 6.07) is 3.46. The molecule has 8 heteroatoms. The molecule has 2 N–H and O–H groups in total. The van der Waals surface area contributed by atoms with E-state index in [0.29, 0.717) is 22.1 Å². The molecular formula is C18H16ClN5O2. The first-order valence-corrected chi connectivity index (χ1v) is 8.53. The molecule has 0 radical (unpaired) electrons. The third-order valence-corrected chi connectivity index (χ3v) is 4.95. The summed E-state index contributed by atoms with van der Waals surface area (Å²) in [7, 11) is 0. The molecule has 0 bridgehead atoms. The Balaban J connectivity index is 1.86. The smallest absolute Gasteiger partial charge is 0.308 e. The molecule has 0 aliphatic rings. The molecule has 0 saturated carbocycles. The Labute approximate surface area is 153 Å². The first-order chi connectivity index (χ1) is 12.5. The highest BCUT2D eigenvalue weighted by atomic mass is 35.5. The molecule has 7 nitrogen and oxygen atoms in total. The lowest BCUT2D eigenvalue weighted by molar-refractivity contribution is -0.142. The van der Waals surface area contributed by atoms with Gasteiger partial charge in [0.1, 0.15) is 11.3 Å². The van der Waals surface area contributed by atoms with Crippen LogP contribution in [0.25, 0.3) is 33.5 Å². The molecular weight excluding hydrogens is 354 g/mol. The number of carboxylic acid groups (broad SMARTS) is 1. The van der Waals surface area contributed by atoms with Gasteiger partial charge >= 0.3 is 5.97 Å². The molecule has 0 spiro atoms. The molecule has 132 valence electrons. The Morgan fingerprint density at radius 3 is 2.88 bits per heavy atom. The second-order valence-electron chi connectivity index (χ2n) is 6.32. The number of rotatable bonds is 4. The average Bonchev–Trinajstić information content (AvgIpc) is 3.23. The van der Waals surface area contributed by atoms with E-state index < -0.39 is 11.9 Å². The number of nitrogens with one attached hydrogen (secondary N) is 1. The monoisotopic (exact) mass is 369 g/mol. The van der Waals surface area contributed by atoms with E-state index >= 15 is 0 Å². The Hall–Kier alpha value is -2.93. The summed E-state index contributed by atoms with van der Waals surface area (Å²) in [6.45, 7) is 3.56. The zero-order valence-corrected chi connectivity index (χ0v) is 14.9. The summed E-state index contributed by atoms with van der Waals surface area (Å²) in [4.78, 5) is 27.8. The molecule has 0 unspecified atom stereocenters. The molecule has 0 aliphatic carbocycles. The maximum absolute atomic E-state index is 11.3. The van der Waals surface area contributed by atoms with Crippen molar-refractivity contribution in [1.29, 1.82) is 0 Å². The fourth-order valence-corrected chi connectivity index (χ4v) is 3.16. The number of hydrogen-bond acceptors (Lipinski definition) is 4. The van der Waals surface area contributed by atoms with E-state index in [1.54, 1.807) is 25.5 Å². The second-order valence-corrected chi connectivity index (χ2v) is 6.75. The summed E-state index contributed by atoms with van der Waals surface area (Å²) in [5.74, 6) is -0.853. The lowest BCUT2D eigenvalue weighted by atomic mass is 10.0. The lowest BCUT2D eigenvalue weighted by Gasteiger charge is -2.18. The van der Waals surface area contributed by atoms with Crippen molar-refractivity contribution in [2.45, 2.75) is 19.9 Å². The number of nitrogens with zero attached hydrogens (tertiary/aromatic N) is 4. The minimum absolute atomic E-state index is 0.244. The van der Waals surface area contributed by atoms with Crippen LogP contribution >= 0.6 is 11.6 Å². The number of fused-ring (bicyclic) bond motifs is 2. The van der Waals surface area contributed by atoms with Crippen molar-refractivity contribution in [3.8, 4) is 11.4 Å². The average molecular weight is 370 g/mol. The molecule has 4 aromatic rings. The van der Waals surface area contributed by atoms with E-state index in [4.69, 9.17) is 11.6 Å². The van der Waals surface area contributed by atoms with Crippen molar-refractivity contribution >= 4 is 39.6 Å². The van der Waals surface area contributed by atoms with E-state index in [1.165, 1.54) is 0 Å². The van der Waals surface area contributed by atoms with Crippen LogP contribution in [-0.4, -0.2) is 35.6 Å². The molecule has 4 rings (SSSR count). The number of carbonyl (C=O) groups is 1. The van der Waals surface area contributed by atoms with Crippen LogP contribution in [0, 0.1) is 5.92 Å². The number of aliphatic carboxylic acids is 1. The zero-order chi connectivity index (χ0) is 18.4. The molecule has 0 aliphatic heterocycles. The number of pyridine rings is 1. The van der Waals surface area contributed by atoms with Crippen molar-refractivity contribution < 1.29 is 9.90 Å². The highest BCUT2D eigenvalue weighted by Crippen LogP contribution is 2.29. The van der Waals surface area contributed by atoms with E-state index in [9.17, 15) is 9.90 Å². The molecule has 26 heavy (non-hydrogen) atoms. The number of H-pyrrole nitrogens is 1. The first kappa shape index (κ1) is 16.5. The third-order valence-electron chi connectivity index (χ3n) is 4.75. The van der Waals surface area contributed by atoms with Gasteiger partial charge in [-0.2, -0.15) is 0 Å². The fraction of sp³-hybridized carbons (Fsp3) is 0.222. The molecule has 0 saturated heterocycles. The van der Waals surface area contributed by atoms with E-state index in [2.05, 4.69) is 19.9 Å². The quantitative estimate of drug-likeness (QED) is 0.568. The van der Waals surface area contributed by atoms with Crippen LogP contribution in [0.15, 0.2) is 36.9 Å². The second kappa shape index (κ2) is 6.10. The van der Waals surface area contributed by atoms with Crippen LogP contribution in [0.3, 0.4) is 0 Å². The van der Waals surface area contributed by atoms with E-state index in [1.807, 2.05) is 29.8 Å². The Kier molecular flexibility index (Phi) is 3.88. The van der Waals surface area contributed by atoms with Crippen LogP contribution in [0.5, 0.6) is 0 Å². The predicted molar refractivity (Wildman–Crippen MR) is 99.1 cm³/mol. The van der Waals surface area contributed by atoms with Crippen LogP contribution in [0.4, 0.5) is 0 Å². The Bertz CT molecular complexity index is 1130. The summed E-state index contributed by atoms with van der Waals surface area (Å²) in [6.07, 6.45) is 6.96. The Morgan fingerprint density at radius 2 is 2.12 bits per heavy atom. The highest BCUT2D eigenvalue weighted by Gasteiger charge is 2.23. The molecule has 0 aromatic carbocycles. The topological polar surface area (TPSA) is 96.7 Å². The molecule has 0 amide bonds. The molecule has 0 fully saturated rings. The van der Waals surface area contributed by atoms with Crippen molar-refractivity contribution in [2.75, 3.05) is 0 Å². The van der Waals surface area contributed by atoms with Crippen LogP contribution in [0.1, 0.15) is 19.9 Å². The summed E-state index contributed by atoms with van der Waals surface area (Å²) >= 11 is 6.07. The number of aromatic amines is 1. The summed E-state index contributed by atoms with van der Waals surface area (Å²) in [5, 5.41) is 11.5. The normalized spacial score (nSPS) is 14.0. The van der Waals surface area contributed by atoms with Crippen molar-refractivity contribution in [2.24, 2.45) is 5.92 Å². The molecule has 4 heterocycles. The van der Waals surface area contributed by atoms with Gasteiger partial charge in [-0.15, -0.1) is 0 Å². The number of aromatic nitrogens is 5. The van der Waals surface area contributed by atoms with Crippen LogP contribution in [-0.2, 0) is 4.79 Å². The standard InChI is InChI=1S/C18H16ClN5O2/c1-9(18(25)26)10(2)24-4-3-11-6-20-16(23-17(11)24)14-8-22-15-13(14)5-12(19)7-21-15/h3-10H,1-2H3,(H,21,22)(H,25,26)/t9-,10-/m0/s1. The van der Waals surface area contributed by atoms with Crippen molar-refractivity contribution in [3.63, 3.8) is 0 Å². The third kappa shape index (κ3) is 2.61. The minimum atomic E-state index is -0.842. The molecule has 4 aromatic heterocycles. The van der Waals surface area contributed by atoms with Gasteiger partial charge in [-0.3, -0.25) is 4.79 Å². The number of halogens is 1. The van der Waals surface area contributed by atoms with E-state index in [0.717, 1.165) is 16.3 Å². The number of carboxylic acids is 1. The minimum Gasteiger partial charge on any atom is -0.481 e. The number of hydrogen-bond donors (Lipinski definition) is 2. The van der Waals surface area contributed by atoms with Gasteiger partial charge in [0, 0.05) is 47.2 Å². The first-order valence-electron chi connectivity index (χ1n) is 8.15. The maximum Gasteiger partial charge on any atom is 0.308 e. The van der Waals surface area contributed by atoms with Gasteiger partial charge in [-0.25, -0.2) is 15.0 Å². The summed E-state index contributed by atoms with van der Waals surface area (Å²) < 4.78 is 1.87. The van der Waals surface area contributed by atoms with Gasteiger partial charge in [0.25, 0.3) is 0 Å². The van der Waals surface area contributed by atoms with Gasteiger partial charge in [0.15, 0.2) is 5.82 Å². The highest BCUT2D eigenvalue weighted by molar-refractivity contribution is 6.31. The van der Waals surface area contributed by atoms with Crippen molar-refractivity contribution in [3.05, 3.63) is 41.9 Å². The van der Waals surface area contributed by atoms with Crippen molar-refractivity contribution in [1.82, 2.24) is 24.5 Å². The van der Waals surface area contributed by atoms with Crippen LogP contribution < -0.4 is 0 Å². The SMILES string of the molecule is C[C@H](C(=O)O)[C@H](C)n1ccc2cnc(-c3c[nH]c4ncc(Cl)cc34)nc21. The van der Waals surface area contributed by atoms with Gasteiger partial charge in [-0.1, -0.05) is 11.6 Å². The van der Waals surface area contributed by atoms with Gasteiger partial charge in [-0.05, 0) is 26.0 Å². The maximum atomic E-state index is 11.3. The largest absolute Gasteiger partial charge is 0.481 e. The lowest BCUT2D eigenvalue weighted by Crippen LogP contribution is -2.21. The fourth-order valence-electron chi connectivity index (χ4n) is 3.01. The predicted octanol–water partition coefficient (Wildman–Crippen LogP) is 3.91. The molecule has 2 atom stereocenters. The van der Waals surface area contributed by atoms with Gasteiger partial charge < -0.3 is 14.7 Å². The van der Waals surface area contributed by atoms with Gasteiger partial charge in [0.2, 0.25) is 0 Å². The van der Waals surface area contributed by atoms with Crippen LogP contribution in [0.2, 0.25) is 5.02 Å².